The second-order valence-electron chi connectivity index (χ2n) is 6.98. The van der Waals surface area contributed by atoms with E-state index in [1.54, 1.807) is 6.08 Å². The van der Waals surface area contributed by atoms with Crippen molar-refractivity contribution in [2.45, 2.75) is 57.2 Å². The molecule has 1 aromatic carbocycles. The molecule has 1 atom stereocenters. The molecule has 1 saturated carbocycles. The first-order valence-corrected chi connectivity index (χ1v) is 9.29. The lowest BCUT2D eigenvalue weighted by atomic mass is 9.84. The lowest BCUT2D eigenvalue weighted by molar-refractivity contribution is -0.183. The molecule has 3 nitrogen and oxygen atoms in total. The van der Waals surface area contributed by atoms with E-state index >= 15 is 0 Å². The number of rotatable bonds is 7. The van der Waals surface area contributed by atoms with E-state index in [1.807, 2.05) is 6.07 Å². The number of unbranched alkanes of at least 4 members (excludes halogenated alkanes) is 1. The molecule has 24 heavy (non-hydrogen) atoms. The Bertz CT molecular complexity index is 543. The first-order valence-electron chi connectivity index (χ1n) is 9.29. The standard InChI is InChI=1S/C21H28O3/c22-20(11-5-4-9-18-7-2-1-3-8-18)13-12-19-10-6-14-21(17-19)23-15-16-24-21/h1-3,7-8,12-13,19H,4-6,9-11,14-17H2/b13-12+. The first kappa shape index (κ1) is 17.4. The van der Waals surface area contributed by atoms with Gasteiger partial charge in [-0.05, 0) is 49.7 Å². The Morgan fingerprint density at radius 2 is 1.96 bits per heavy atom. The van der Waals surface area contributed by atoms with Crippen LogP contribution in [0.1, 0.15) is 50.5 Å². The molecule has 1 aliphatic carbocycles. The predicted octanol–water partition coefficient (Wildman–Crippen LogP) is 4.46. The fraction of sp³-hybridized carbons (Fsp3) is 0.571. The highest BCUT2D eigenvalue weighted by molar-refractivity contribution is 5.89. The summed E-state index contributed by atoms with van der Waals surface area (Å²) in [4.78, 5) is 12.1. The topological polar surface area (TPSA) is 35.5 Å². The van der Waals surface area contributed by atoms with E-state index < -0.39 is 0 Å². The van der Waals surface area contributed by atoms with Crippen LogP contribution in [0, 0.1) is 5.92 Å². The van der Waals surface area contributed by atoms with Gasteiger partial charge in [-0.1, -0.05) is 36.4 Å². The summed E-state index contributed by atoms with van der Waals surface area (Å²) >= 11 is 0. The summed E-state index contributed by atoms with van der Waals surface area (Å²) in [5.74, 6) is 0.299. The molecular formula is C21H28O3. The Labute approximate surface area is 145 Å². The number of ether oxygens (including phenoxy) is 2. The van der Waals surface area contributed by atoms with Gasteiger partial charge in [0.05, 0.1) is 13.2 Å². The maximum atomic E-state index is 12.1. The highest BCUT2D eigenvalue weighted by Crippen LogP contribution is 2.39. The predicted molar refractivity (Wildman–Crippen MR) is 94.7 cm³/mol. The third-order valence-electron chi connectivity index (χ3n) is 5.06. The summed E-state index contributed by atoms with van der Waals surface area (Å²) in [6.07, 6.45) is 11.7. The number of hydrogen-bond donors (Lipinski definition) is 0. The van der Waals surface area contributed by atoms with Crippen LogP contribution in [0.15, 0.2) is 42.5 Å². The van der Waals surface area contributed by atoms with Crippen LogP contribution in [0.3, 0.4) is 0 Å². The number of carbonyl (C=O) groups excluding carboxylic acids is 1. The van der Waals surface area contributed by atoms with E-state index in [0.717, 1.165) is 44.9 Å². The van der Waals surface area contributed by atoms with Gasteiger partial charge in [0.1, 0.15) is 0 Å². The number of allylic oxidation sites excluding steroid dienone is 2. The summed E-state index contributed by atoms with van der Waals surface area (Å²) in [5.41, 5.74) is 1.35. The Kier molecular flexibility index (Phi) is 6.22. The molecular weight excluding hydrogens is 300 g/mol. The quantitative estimate of drug-likeness (QED) is 0.548. The van der Waals surface area contributed by atoms with E-state index in [1.165, 1.54) is 5.56 Å². The van der Waals surface area contributed by atoms with Gasteiger partial charge >= 0.3 is 0 Å². The van der Waals surface area contributed by atoms with Gasteiger partial charge in [0.15, 0.2) is 11.6 Å². The van der Waals surface area contributed by atoms with Gasteiger partial charge in [-0.2, -0.15) is 0 Å². The SMILES string of the molecule is O=C(/C=C/C1CCCC2(C1)OCCO2)CCCCc1ccccc1. The zero-order chi connectivity index (χ0) is 16.7. The molecule has 130 valence electrons. The molecule has 0 N–H and O–H groups in total. The molecule has 3 heteroatoms. The monoisotopic (exact) mass is 328 g/mol. The smallest absolute Gasteiger partial charge is 0.169 e. The normalized spacial score (nSPS) is 23.1. The fourth-order valence-electron chi connectivity index (χ4n) is 3.76. The number of hydrogen-bond acceptors (Lipinski definition) is 3. The van der Waals surface area contributed by atoms with Crippen LogP contribution in [0.2, 0.25) is 0 Å². The van der Waals surface area contributed by atoms with Crippen molar-refractivity contribution in [3.05, 3.63) is 48.0 Å². The van der Waals surface area contributed by atoms with Gasteiger partial charge in [-0.15, -0.1) is 0 Å². The van der Waals surface area contributed by atoms with Crippen LogP contribution in [0.5, 0.6) is 0 Å². The lowest BCUT2D eigenvalue weighted by Crippen LogP contribution is -2.35. The minimum atomic E-state index is -0.355. The average molecular weight is 328 g/mol. The molecule has 1 aromatic rings. The van der Waals surface area contributed by atoms with Crippen LogP contribution in [-0.2, 0) is 20.7 Å². The molecule has 0 aromatic heterocycles. The van der Waals surface area contributed by atoms with Crippen LogP contribution in [0.25, 0.3) is 0 Å². The summed E-state index contributed by atoms with van der Waals surface area (Å²) in [6.45, 7) is 1.41. The zero-order valence-electron chi connectivity index (χ0n) is 14.4. The molecule has 2 aliphatic rings. The number of ketones is 1. The van der Waals surface area contributed by atoms with Gasteiger partial charge in [0, 0.05) is 19.3 Å². The van der Waals surface area contributed by atoms with Gasteiger partial charge in [0.25, 0.3) is 0 Å². The molecule has 2 fully saturated rings. The summed E-state index contributed by atoms with van der Waals surface area (Å²) in [5, 5.41) is 0. The Hall–Kier alpha value is -1.45. The maximum absolute atomic E-state index is 12.1. The highest BCUT2D eigenvalue weighted by atomic mass is 16.7. The summed E-state index contributed by atoms with van der Waals surface area (Å²) < 4.78 is 11.6. The van der Waals surface area contributed by atoms with Crippen molar-refractivity contribution >= 4 is 5.78 Å². The van der Waals surface area contributed by atoms with Gasteiger partial charge in [-0.3, -0.25) is 4.79 Å². The second kappa shape index (κ2) is 8.59. The van der Waals surface area contributed by atoms with Gasteiger partial charge < -0.3 is 9.47 Å². The zero-order valence-corrected chi connectivity index (χ0v) is 14.4. The van der Waals surface area contributed by atoms with E-state index in [2.05, 4.69) is 30.3 Å². The molecule has 3 rings (SSSR count). The minimum absolute atomic E-state index is 0.246. The van der Waals surface area contributed by atoms with Crippen molar-refractivity contribution in [1.29, 1.82) is 0 Å². The molecule has 1 saturated heterocycles. The fourth-order valence-corrected chi connectivity index (χ4v) is 3.76. The van der Waals surface area contributed by atoms with Crippen molar-refractivity contribution in [2.75, 3.05) is 13.2 Å². The third kappa shape index (κ3) is 5.02. The van der Waals surface area contributed by atoms with E-state index in [-0.39, 0.29) is 11.6 Å². The Morgan fingerprint density at radius 3 is 2.75 bits per heavy atom. The maximum Gasteiger partial charge on any atom is 0.169 e. The van der Waals surface area contributed by atoms with Crippen LogP contribution in [0.4, 0.5) is 0 Å². The molecule has 1 heterocycles. The van der Waals surface area contributed by atoms with Gasteiger partial charge in [0.2, 0.25) is 0 Å². The van der Waals surface area contributed by atoms with Crippen molar-refractivity contribution < 1.29 is 14.3 Å². The minimum Gasteiger partial charge on any atom is -0.348 e. The summed E-state index contributed by atoms with van der Waals surface area (Å²) in [7, 11) is 0. The van der Waals surface area contributed by atoms with E-state index in [4.69, 9.17) is 9.47 Å². The molecule has 1 spiro atoms. The van der Waals surface area contributed by atoms with Crippen molar-refractivity contribution in [2.24, 2.45) is 5.92 Å². The largest absolute Gasteiger partial charge is 0.348 e. The molecule has 1 aliphatic heterocycles. The molecule has 0 bridgehead atoms. The first-order chi connectivity index (χ1) is 11.8. The lowest BCUT2D eigenvalue weighted by Gasteiger charge is -2.35. The van der Waals surface area contributed by atoms with E-state index in [9.17, 15) is 4.79 Å². The number of benzene rings is 1. The van der Waals surface area contributed by atoms with Crippen LogP contribution < -0.4 is 0 Å². The number of carbonyl (C=O) groups is 1. The van der Waals surface area contributed by atoms with Crippen LogP contribution >= 0.6 is 0 Å². The van der Waals surface area contributed by atoms with Crippen molar-refractivity contribution in [3.8, 4) is 0 Å². The molecule has 0 radical (unpaired) electrons. The Morgan fingerprint density at radius 1 is 1.17 bits per heavy atom. The average Bonchev–Trinajstić information content (AvgIpc) is 3.05. The van der Waals surface area contributed by atoms with E-state index in [0.29, 0.717) is 25.6 Å². The number of aryl methyl sites for hydroxylation is 1. The second-order valence-corrected chi connectivity index (χ2v) is 6.98. The van der Waals surface area contributed by atoms with Crippen molar-refractivity contribution in [1.82, 2.24) is 0 Å². The Balaban J connectivity index is 1.36. The third-order valence-corrected chi connectivity index (χ3v) is 5.06. The summed E-state index contributed by atoms with van der Waals surface area (Å²) in [6, 6.07) is 10.5. The van der Waals surface area contributed by atoms with Gasteiger partial charge in [-0.25, -0.2) is 0 Å². The molecule has 0 amide bonds. The van der Waals surface area contributed by atoms with Crippen LogP contribution in [-0.4, -0.2) is 24.8 Å². The van der Waals surface area contributed by atoms with Crippen molar-refractivity contribution in [3.63, 3.8) is 0 Å². The highest BCUT2D eigenvalue weighted by Gasteiger charge is 2.40. The molecule has 1 unspecified atom stereocenters.